The molecule has 2 aromatic carbocycles. The molecular formula is C25H26F2N4O2. The molecule has 0 unspecified atom stereocenters. The van der Waals surface area contributed by atoms with E-state index in [9.17, 15) is 18.4 Å². The summed E-state index contributed by atoms with van der Waals surface area (Å²) >= 11 is 0. The Bertz CT molecular complexity index is 1160. The summed E-state index contributed by atoms with van der Waals surface area (Å²) in [5.41, 5.74) is 1.16. The van der Waals surface area contributed by atoms with E-state index in [4.69, 9.17) is 0 Å². The molecule has 2 N–H and O–H groups in total. The van der Waals surface area contributed by atoms with Crippen LogP contribution in [0.5, 0.6) is 0 Å². The smallest absolute Gasteiger partial charge is 0.272 e. The summed E-state index contributed by atoms with van der Waals surface area (Å²) in [6.45, 7) is 1.19. The van der Waals surface area contributed by atoms with Crippen LogP contribution >= 0.6 is 0 Å². The summed E-state index contributed by atoms with van der Waals surface area (Å²) in [6.07, 6.45) is 4.78. The lowest BCUT2D eigenvalue weighted by Crippen LogP contribution is -2.33. The molecule has 172 valence electrons. The Balaban J connectivity index is 1.34. The number of ketones is 1. The maximum absolute atomic E-state index is 13.8. The summed E-state index contributed by atoms with van der Waals surface area (Å²) in [6, 6.07) is 13.5. The molecule has 1 aliphatic carbocycles. The molecule has 1 amide bonds. The van der Waals surface area contributed by atoms with Crippen molar-refractivity contribution in [3.8, 4) is 0 Å². The van der Waals surface area contributed by atoms with Crippen LogP contribution < -0.4 is 10.6 Å². The average Bonchev–Trinajstić information content (AvgIpc) is 3.43. The maximum atomic E-state index is 13.8. The number of anilines is 2. The van der Waals surface area contributed by atoms with E-state index in [1.165, 1.54) is 6.07 Å². The number of aryl methyl sites for hydroxylation is 1. The van der Waals surface area contributed by atoms with Crippen molar-refractivity contribution in [3.05, 3.63) is 77.9 Å². The summed E-state index contributed by atoms with van der Waals surface area (Å²) in [7, 11) is 1.75. The second kappa shape index (κ2) is 8.77. The van der Waals surface area contributed by atoms with E-state index in [0.29, 0.717) is 36.6 Å². The highest BCUT2D eigenvalue weighted by atomic mass is 19.3. The van der Waals surface area contributed by atoms with Gasteiger partial charge in [0, 0.05) is 56.3 Å². The predicted octanol–water partition coefficient (Wildman–Crippen LogP) is 4.94. The number of alkyl halides is 2. The highest BCUT2D eigenvalue weighted by molar-refractivity contribution is 5.98. The van der Waals surface area contributed by atoms with E-state index in [1.807, 2.05) is 12.1 Å². The molecule has 0 aliphatic heterocycles. The number of imidazole rings is 1. The molecule has 0 saturated heterocycles. The molecule has 0 radical (unpaired) electrons. The molecule has 1 aromatic heterocycles. The number of Topliss-reactive ketones (excluding diaryl/α,β-unsaturated/α-hetero) is 1. The lowest BCUT2D eigenvalue weighted by Gasteiger charge is -2.17. The van der Waals surface area contributed by atoms with Crippen LogP contribution in [0.4, 0.5) is 20.2 Å². The number of carbonyl (C=O) groups excluding carboxylic acids is 2. The largest absolute Gasteiger partial charge is 0.355 e. The monoisotopic (exact) mass is 452 g/mol. The van der Waals surface area contributed by atoms with Crippen molar-refractivity contribution in [1.29, 1.82) is 0 Å². The fourth-order valence-electron chi connectivity index (χ4n) is 3.86. The van der Waals surface area contributed by atoms with Crippen LogP contribution in [0.15, 0.2) is 60.9 Å². The Morgan fingerprint density at radius 2 is 1.82 bits per heavy atom. The quantitative estimate of drug-likeness (QED) is 0.451. The van der Waals surface area contributed by atoms with Crippen molar-refractivity contribution < 1.29 is 18.4 Å². The zero-order valence-corrected chi connectivity index (χ0v) is 18.6. The van der Waals surface area contributed by atoms with Crippen LogP contribution in [0.25, 0.3) is 0 Å². The lowest BCUT2D eigenvalue weighted by atomic mass is 9.97. The molecule has 0 atom stereocenters. The topological polar surface area (TPSA) is 76.0 Å². The van der Waals surface area contributed by atoms with E-state index < -0.39 is 11.3 Å². The SMILES string of the molecule is Cn1ccnc1C(=O)CC1(C(=O)NCc2ccc(Nc3ccccc3C(C)(F)F)cc2)CC1. The second-order valence-corrected chi connectivity index (χ2v) is 8.68. The first kappa shape index (κ1) is 22.6. The first-order valence-corrected chi connectivity index (χ1v) is 10.8. The number of halogens is 2. The number of benzene rings is 2. The van der Waals surface area contributed by atoms with Crippen molar-refractivity contribution in [2.75, 3.05) is 5.32 Å². The third-order valence-corrected chi connectivity index (χ3v) is 5.99. The molecule has 0 spiro atoms. The number of hydrogen-bond donors (Lipinski definition) is 2. The van der Waals surface area contributed by atoms with Gasteiger partial charge in [0.2, 0.25) is 5.91 Å². The summed E-state index contributed by atoms with van der Waals surface area (Å²) in [5, 5.41) is 5.96. The number of rotatable bonds is 9. The zero-order valence-electron chi connectivity index (χ0n) is 18.6. The first-order chi connectivity index (χ1) is 15.7. The van der Waals surface area contributed by atoms with E-state index >= 15 is 0 Å². The summed E-state index contributed by atoms with van der Waals surface area (Å²) in [5.74, 6) is -2.86. The van der Waals surface area contributed by atoms with Gasteiger partial charge < -0.3 is 15.2 Å². The van der Waals surface area contributed by atoms with Crippen LogP contribution in [0.3, 0.4) is 0 Å². The summed E-state index contributed by atoms with van der Waals surface area (Å²) in [4.78, 5) is 29.3. The minimum absolute atomic E-state index is 0.0730. The van der Waals surface area contributed by atoms with Gasteiger partial charge in [-0.25, -0.2) is 13.8 Å². The van der Waals surface area contributed by atoms with Gasteiger partial charge in [0.1, 0.15) is 0 Å². The molecule has 1 fully saturated rings. The zero-order chi connectivity index (χ0) is 23.6. The van der Waals surface area contributed by atoms with Gasteiger partial charge >= 0.3 is 0 Å². The number of para-hydroxylation sites is 1. The normalized spacial score (nSPS) is 14.5. The van der Waals surface area contributed by atoms with E-state index in [0.717, 1.165) is 12.5 Å². The van der Waals surface area contributed by atoms with Gasteiger partial charge in [0.15, 0.2) is 11.6 Å². The van der Waals surface area contributed by atoms with Crippen LogP contribution in [-0.4, -0.2) is 21.2 Å². The Hall–Kier alpha value is -3.55. The number of aromatic nitrogens is 2. The van der Waals surface area contributed by atoms with Crippen molar-refractivity contribution >= 4 is 23.1 Å². The molecule has 3 aromatic rings. The van der Waals surface area contributed by atoms with Gasteiger partial charge in [-0.1, -0.05) is 30.3 Å². The van der Waals surface area contributed by atoms with Crippen molar-refractivity contribution in [1.82, 2.24) is 14.9 Å². The van der Waals surface area contributed by atoms with Crippen LogP contribution in [-0.2, 0) is 24.3 Å². The van der Waals surface area contributed by atoms with Gasteiger partial charge in [-0.05, 0) is 36.6 Å². The average molecular weight is 453 g/mol. The maximum Gasteiger partial charge on any atom is 0.272 e. The molecule has 8 heteroatoms. The van der Waals surface area contributed by atoms with Gasteiger partial charge in [-0.2, -0.15) is 0 Å². The van der Waals surface area contributed by atoms with Crippen LogP contribution in [0, 0.1) is 5.41 Å². The lowest BCUT2D eigenvalue weighted by molar-refractivity contribution is -0.126. The van der Waals surface area contributed by atoms with Crippen LogP contribution in [0.2, 0.25) is 0 Å². The number of carbonyl (C=O) groups is 2. The highest BCUT2D eigenvalue weighted by Gasteiger charge is 2.51. The Kier molecular flexibility index (Phi) is 6.01. The Labute approximate surface area is 191 Å². The number of amides is 1. The molecule has 1 saturated carbocycles. The van der Waals surface area contributed by atoms with E-state index in [1.54, 1.807) is 54.3 Å². The minimum Gasteiger partial charge on any atom is -0.355 e. The van der Waals surface area contributed by atoms with Gasteiger partial charge in [-0.3, -0.25) is 9.59 Å². The summed E-state index contributed by atoms with van der Waals surface area (Å²) < 4.78 is 29.3. The van der Waals surface area contributed by atoms with Crippen molar-refractivity contribution in [3.63, 3.8) is 0 Å². The predicted molar refractivity (Wildman–Crippen MR) is 121 cm³/mol. The number of hydrogen-bond acceptors (Lipinski definition) is 4. The second-order valence-electron chi connectivity index (χ2n) is 8.68. The third-order valence-electron chi connectivity index (χ3n) is 5.99. The molecule has 33 heavy (non-hydrogen) atoms. The standard InChI is InChI=1S/C25H26F2N4O2/c1-24(26,27)19-5-3-4-6-20(19)30-18-9-7-17(8-10-18)16-29-23(33)25(11-12-25)15-21(32)22-28-13-14-31(22)2/h3-10,13-14,30H,11-12,15-16H2,1-2H3,(H,29,33). The fraction of sp³-hybridized carbons (Fsp3) is 0.320. The molecule has 1 heterocycles. The Morgan fingerprint density at radius 3 is 2.42 bits per heavy atom. The van der Waals surface area contributed by atoms with E-state index in [-0.39, 0.29) is 23.7 Å². The number of nitrogens with zero attached hydrogens (tertiary/aromatic N) is 2. The van der Waals surface area contributed by atoms with E-state index in [2.05, 4.69) is 15.6 Å². The molecule has 1 aliphatic rings. The molecule has 0 bridgehead atoms. The third kappa shape index (κ3) is 5.10. The Morgan fingerprint density at radius 1 is 1.12 bits per heavy atom. The van der Waals surface area contributed by atoms with Gasteiger partial charge in [0.05, 0.1) is 5.41 Å². The highest BCUT2D eigenvalue weighted by Crippen LogP contribution is 2.49. The molecular weight excluding hydrogens is 426 g/mol. The van der Waals surface area contributed by atoms with Crippen LogP contribution in [0.1, 0.15) is 47.9 Å². The van der Waals surface area contributed by atoms with Gasteiger partial charge in [-0.15, -0.1) is 0 Å². The first-order valence-electron chi connectivity index (χ1n) is 10.8. The van der Waals surface area contributed by atoms with Gasteiger partial charge in [0.25, 0.3) is 5.92 Å². The van der Waals surface area contributed by atoms with Crippen molar-refractivity contribution in [2.45, 2.75) is 38.7 Å². The molecule has 4 rings (SSSR count). The molecule has 6 nitrogen and oxygen atoms in total. The fourth-order valence-corrected chi connectivity index (χ4v) is 3.86. The number of nitrogens with one attached hydrogen (secondary N) is 2. The minimum atomic E-state index is -2.95. The van der Waals surface area contributed by atoms with Crippen molar-refractivity contribution in [2.24, 2.45) is 12.5 Å².